The highest BCUT2D eigenvalue weighted by molar-refractivity contribution is 7.89. The van der Waals surface area contributed by atoms with Crippen molar-refractivity contribution in [3.63, 3.8) is 0 Å². The van der Waals surface area contributed by atoms with Crippen LogP contribution in [0.5, 0.6) is 0 Å². The van der Waals surface area contributed by atoms with E-state index in [4.69, 9.17) is 5.14 Å². The second-order valence-electron chi connectivity index (χ2n) is 9.60. The zero-order valence-corrected chi connectivity index (χ0v) is 23.2. The Kier molecular flexibility index (Phi) is 13.2. The number of nitrogens with one attached hydrogen (secondary N) is 3. The Balaban J connectivity index is 1.88. The highest BCUT2D eigenvalue weighted by atomic mass is 32.2. The molecule has 5 N–H and O–H groups in total. The SMILES string of the molecule is CC(C)CCNCC(=O)N(CCc1ccc(S(N)(=O)=O)cc1)CC(=O)NC(=O)CNCCc1ccccc1F. The lowest BCUT2D eigenvalue weighted by molar-refractivity contribution is -0.137. The average molecular weight is 564 g/mol. The van der Waals surface area contributed by atoms with Gasteiger partial charge in [-0.3, -0.25) is 19.7 Å². The van der Waals surface area contributed by atoms with Crippen molar-refractivity contribution >= 4 is 27.7 Å². The van der Waals surface area contributed by atoms with Crippen LogP contribution >= 0.6 is 0 Å². The largest absolute Gasteiger partial charge is 0.332 e. The van der Waals surface area contributed by atoms with E-state index in [1.165, 1.54) is 23.1 Å². The van der Waals surface area contributed by atoms with E-state index < -0.39 is 21.8 Å². The summed E-state index contributed by atoms with van der Waals surface area (Å²) in [5.41, 5.74) is 1.28. The van der Waals surface area contributed by atoms with Crippen LogP contribution in [0.1, 0.15) is 31.4 Å². The number of benzene rings is 2. The van der Waals surface area contributed by atoms with Gasteiger partial charge in [-0.15, -0.1) is 0 Å². The van der Waals surface area contributed by atoms with Crippen LogP contribution in [-0.4, -0.2) is 70.3 Å². The first kappa shape index (κ1) is 32.0. The van der Waals surface area contributed by atoms with Gasteiger partial charge >= 0.3 is 0 Å². The summed E-state index contributed by atoms with van der Waals surface area (Å²) in [7, 11) is -3.82. The number of rotatable bonds is 16. The van der Waals surface area contributed by atoms with Gasteiger partial charge in [0.1, 0.15) is 5.82 Å². The van der Waals surface area contributed by atoms with E-state index in [2.05, 4.69) is 29.8 Å². The van der Waals surface area contributed by atoms with Crippen LogP contribution in [0.3, 0.4) is 0 Å². The molecule has 0 spiro atoms. The molecule has 0 fully saturated rings. The molecule has 0 saturated carbocycles. The molecular weight excluding hydrogens is 525 g/mol. The van der Waals surface area contributed by atoms with Crippen molar-refractivity contribution in [2.75, 3.05) is 39.3 Å². The molecule has 2 aromatic carbocycles. The van der Waals surface area contributed by atoms with Crippen molar-refractivity contribution in [3.05, 3.63) is 65.5 Å². The van der Waals surface area contributed by atoms with Crippen LogP contribution < -0.4 is 21.1 Å². The van der Waals surface area contributed by atoms with Crippen LogP contribution in [0, 0.1) is 11.7 Å². The first-order valence-corrected chi connectivity index (χ1v) is 14.4. The van der Waals surface area contributed by atoms with Crippen LogP contribution in [-0.2, 0) is 37.2 Å². The van der Waals surface area contributed by atoms with Crippen molar-refractivity contribution in [2.45, 2.75) is 38.0 Å². The fourth-order valence-corrected chi connectivity index (χ4v) is 4.15. The van der Waals surface area contributed by atoms with E-state index >= 15 is 0 Å². The molecule has 0 aliphatic heterocycles. The van der Waals surface area contributed by atoms with Gasteiger partial charge in [-0.25, -0.2) is 17.9 Å². The number of halogens is 1. The monoisotopic (exact) mass is 563 g/mol. The molecule has 2 rings (SSSR count). The highest BCUT2D eigenvalue weighted by Crippen LogP contribution is 2.10. The van der Waals surface area contributed by atoms with Gasteiger partial charge in [0.25, 0.3) is 0 Å². The number of carbonyl (C=O) groups is 3. The zero-order valence-electron chi connectivity index (χ0n) is 22.4. The zero-order chi connectivity index (χ0) is 28.8. The summed E-state index contributed by atoms with van der Waals surface area (Å²) in [4.78, 5) is 38.9. The minimum atomic E-state index is -3.82. The molecule has 0 radical (unpaired) electrons. The maximum Gasteiger partial charge on any atom is 0.246 e. The number of amides is 3. The lowest BCUT2D eigenvalue weighted by Gasteiger charge is -2.22. The van der Waals surface area contributed by atoms with Crippen molar-refractivity contribution < 1.29 is 27.2 Å². The van der Waals surface area contributed by atoms with E-state index in [1.54, 1.807) is 30.3 Å². The molecule has 214 valence electrons. The Morgan fingerprint density at radius 3 is 2.23 bits per heavy atom. The number of nitrogens with two attached hydrogens (primary N) is 1. The van der Waals surface area contributed by atoms with Crippen molar-refractivity contribution in [1.82, 2.24) is 20.9 Å². The summed E-state index contributed by atoms with van der Waals surface area (Å²) in [5, 5.41) is 13.4. The number of carbonyl (C=O) groups excluding carboxylic acids is 3. The quantitative estimate of drug-likeness (QED) is 0.222. The fourth-order valence-electron chi connectivity index (χ4n) is 3.64. The second-order valence-corrected chi connectivity index (χ2v) is 11.2. The predicted octanol–water partition coefficient (Wildman–Crippen LogP) is 0.955. The Morgan fingerprint density at radius 2 is 1.59 bits per heavy atom. The molecule has 0 atom stereocenters. The van der Waals surface area contributed by atoms with E-state index in [-0.39, 0.29) is 42.8 Å². The normalized spacial score (nSPS) is 11.4. The molecule has 0 heterocycles. The Morgan fingerprint density at radius 1 is 0.923 bits per heavy atom. The van der Waals surface area contributed by atoms with Gasteiger partial charge in [0, 0.05) is 6.54 Å². The van der Waals surface area contributed by atoms with Crippen molar-refractivity contribution in [3.8, 4) is 0 Å². The first-order valence-electron chi connectivity index (χ1n) is 12.8. The molecular formula is C27H38FN5O5S. The highest BCUT2D eigenvalue weighted by Gasteiger charge is 2.19. The Bertz CT molecular complexity index is 1210. The number of hydrogen-bond donors (Lipinski definition) is 4. The van der Waals surface area contributed by atoms with Gasteiger partial charge in [0.05, 0.1) is 24.5 Å². The summed E-state index contributed by atoms with van der Waals surface area (Å²) in [6.07, 6.45) is 1.64. The molecule has 0 bridgehead atoms. The third-order valence-electron chi connectivity index (χ3n) is 5.88. The number of nitrogens with zero attached hydrogens (tertiary/aromatic N) is 1. The van der Waals surface area contributed by atoms with E-state index in [0.29, 0.717) is 37.4 Å². The molecule has 0 aliphatic carbocycles. The van der Waals surface area contributed by atoms with Gasteiger partial charge in [-0.1, -0.05) is 44.2 Å². The van der Waals surface area contributed by atoms with Gasteiger partial charge in [-0.05, 0) is 67.6 Å². The van der Waals surface area contributed by atoms with Crippen molar-refractivity contribution in [2.24, 2.45) is 11.1 Å². The third kappa shape index (κ3) is 12.5. The number of sulfonamides is 1. The van der Waals surface area contributed by atoms with Crippen LogP contribution in [0.4, 0.5) is 4.39 Å². The molecule has 3 amide bonds. The second kappa shape index (κ2) is 16.0. The first-order chi connectivity index (χ1) is 18.5. The summed E-state index contributed by atoms with van der Waals surface area (Å²) in [6.45, 7) is 4.91. The van der Waals surface area contributed by atoms with E-state index in [9.17, 15) is 27.2 Å². The van der Waals surface area contributed by atoms with Gasteiger partial charge < -0.3 is 15.5 Å². The lowest BCUT2D eigenvalue weighted by atomic mass is 10.1. The molecule has 12 heteroatoms. The third-order valence-corrected chi connectivity index (χ3v) is 6.81. The molecule has 0 saturated heterocycles. The van der Waals surface area contributed by atoms with Gasteiger partial charge in [0.15, 0.2) is 0 Å². The minimum absolute atomic E-state index is 0.0195. The lowest BCUT2D eigenvalue weighted by Crippen LogP contribution is -2.47. The summed E-state index contributed by atoms with van der Waals surface area (Å²) < 4.78 is 36.6. The van der Waals surface area contributed by atoms with Gasteiger partial charge in [0.2, 0.25) is 27.7 Å². The van der Waals surface area contributed by atoms with Crippen LogP contribution in [0.25, 0.3) is 0 Å². The molecule has 39 heavy (non-hydrogen) atoms. The van der Waals surface area contributed by atoms with Crippen LogP contribution in [0.2, 0.25) is 0 Å². The Hall–Kier alpha value is -3.19. The molecule has 2 aromatic rings. The topological polar surface area (TPSA) is 151 Å². The van der Waals surface area contributed by atoms with E-state index in [0.717, 1.165) is 12.0 Å². The summed E-state index contributed by atoms with van der Waals surface area (Å²) >= 11 is 0. The Labute approximate surface area is 229 Å². The number of imide groups is 1. The number of hydrogen-bond acceptors (Lipinski definition) is 7. The van der Waals surface area contributed by atoms with E-state index in [1.807, 2.05) is 0 Å². The number of primary sulfonamides is 1. The molecule has 0 unspecified atom stereocenters. The smallest absolute Gasteiger partial charge is 0.246 e. The molecule has 10 nitrogen and oxygen atoms in total. The summed E-state index contributed by atoms with van der Waals surface area (Å²) in [5.74, 6) is -1.33. The minimum Gasteiger partial charge on any atom is -0.332 e. The average Bonchev–Trinajstić information content (AvgIpc) is 2.87. The van der Waals surface area contributed by atoms with Crippen molar-refractivity contribution in [1.29, 1.82) is 0 Å². The standard InChI is InChI=1S/C27H38FN5O5S/c1-20(2)11-14-31-18-27(36)33(16-13-21-7-9-23(10-8-21)39(29,37)38)19-26(35)32-25(34)17-30-15-12-22-5-3-4-6-24(22)28/h3-10,20,30-31H,11-19H2,1-2H3,(H2,29,37,38)(H,32,34,35). The maximum absolute atomic E-state index is 13.7. The predicted molar refractivity (Wildman–Crippen MR) is 147 cm³/mol. The summed E-state index contributed by atoms with van der Waals surface area (Å²) in [6, 6.07) is 12.3. The molecule has 0 aliphatic rings. The fraction of sp³-hybridized carbons (Fsp3) is 0.444. The maximum atomic E-state index is 13.7. The molecule has 0 aromatic heterocycles. The van der Waals surface area contributed by atoms with Crippen LogP contribution in [0.15, 0.2) is 53.4 Å². The van der Waals surface area contributed by atoms with Gasteiger partial charge in [-0.2, -0.15) is 0 Å².